The lowest BCUT2D eigenvalue weighted by Crippen LogP contribution is -2.72. The Kier molecular flexibility index (Phi) is 9.11. The molecule has 0 aromatic rings. The molecule has 1 N–H and O–H groups in total. The Morgan fingerprint density at radius 3 is 2.41 bits per heavy atom. The maximum absolute atomic E-state index is 13.0. The van der Waals surface area contributed by atoms with E-state index < -0.39 is 32.5 Å². The molecule has 9 heteroatoms. The van der Waals surface area contributed by atoms with Crippen molar-refractivity contribution < 1.29 is 23.9 Å². The van der Waals surface area contributed by atoms with Crippen molar-refractivity contribution in [2.24, 2.45) is 11.8 Å². The summed E-state index contributed by atoms with van der Waals surface area (Å²) in [6.45, 7) is 18.0. The van der Waals surface area contributed by atoms with Gasteiger partial charge >= 0.3 is 5.97 Å². The van der Waals surface area contributed by atoms with Crippen LogP contribution in [0.1, 0.15) is 34.6 Å². The van der Waals surface area contributed by atoms with Crippen LogP contribution in [0.5, 0.6) is 0 Å². The molecule has 29 heavy (non-hydrogen) atoms. The maximum atomic E-state index is 13.0. The molecule has 1 fully saturated rings. The fourth-order valence-electron chi connectivity index (χ4n) is 3.24. The third kappa shape index (κ3) is 5.69. The first kappa shape index (κ1) is 26.3. The van der Waals surface area contributed by atoms with Crippen LogP contribution in [0.4, 0.5) is 0 Å². The minimum Gasteiger partial charge on any atom is -0.458 e. The van der Waals surface area contributed by atoms with Gasteiger partial charge in [0.1, 0.15) is 6.61 Å². The topological polar surface area (TPSA) is 76.1 Å². The third-order valence-electron chi connectivity index (χ3n) is 5.92. The van der Waals surface area contributed by atoms with E-state index in [1.807, 2.05) is 20.1 Å². The zero-order valence-corrected chi connectivity index (χ0v) is 21.4. The molecule has 0 radical (unpaired) electrons. The van der Waals surface area contributed by atoms with Crippen molar-refractivity contribution in [2.45, 2.75) is 71.1 Å². The number of hydrogen-bond acceptors (Lipinski definition) is 7. The summed E-state index contributed by atoms with van der Waals surface area (Å²) in [5.74, 6) is -1.87. The van der Waals surface area contributed by atoms with Gasteiger partial charge in [-0.25, -0.2) is 4.79 Å². The molecule has 0 aromatic carbocycles. The lowest BCUT2D eigenvalue weighted by Gasteiger charge is -2.54. The molecule has 0 aromatic heterocycles. The Morgan fingerprint density at radius 1 is 1.41 bits per heavy atom. The van der Waals surface area contributed by atoms with Gasteiger partial charge in [-0.1, -0.05) is 52.6 Å². The standard InChI is InChI=1S/C20H35NO5S2Si/c1-10-11-25-18(24)17(23)21-15(12(2)19(27)28-7)14(16(21)22)13(3)26-29(8,9)20(4,5)6/h10,12-15,17,23H,1,11H2,2-9H3/t12-,13-,14-,15-,17-/m1/s1. The van der Waals surface area contributed by atoms with Crippen molar-refractivity contribution in [1.29, 1.82) is 0 Å². The van der Waals surface area contributed by atoms with Gasteiger partial charge in [0.25, 0.3) is 0 Å². The van der Waals surface area contributed by atoms with Crippen LogP contribution in [-0.2, 0) is 18.8 Å². The number of rotatable bonds is 9. The summed E-state index contributed by atoms with van der Waals surface area (Å²) in [6.07, 6.45) is 1.26. The summed E-state index contributed by atoms with van der Waals surface area (Å²) in [7, 11) is -2.11. The molecular formula is C20H35NO5S2Si. The molecule has 0 bridgehead atoms. The van der Waals surface area contributed by atoms with E-state index in [2.05, 4.69) is 40.4 Å². The molecule has 1 amide bonds. The van der Waals surface area contributed by atoms with E-state index in [1.54, 1.807) is 0 Å². The Labute approximate surface area is 185 Å². The number of esters is 1. The average molecular weight is 462 g/mol. The maximum Gasteiger partial charge on any atom is 0.356 e. The zero-order valence-electron chi connectivity index (χ0n) is 18.7. The van der Waals surface area contributed by atoms with Crippen LogP contribution in [0, 0.1) is 11.8 Å². The smallest absolute Gasteiger partial charge is 0.356 e. The number of carbonyl (C=O) groups is 2. The van der Waals surface area contributed by atoms with E-state index in [-0.39, 0.29) is 29.6 Å². The first-order valence-corrected chi connectivity index (χ1v) is 14.3. The largest absolute Gasteiger partial charge is 0.458 e. The van der Waals surface area contributed by atoms with Gasteiger partial charge in [-0.15, -0.1) is 11.8 Å². The Balaban J connectivity index is 3.14. The van der Waals surface area contributed by atoms with E-state index in [0.717, 1.165) is 0 Å². The third-order valence-corrected chi connectivity index (χ3v) is 12.1. The van der Waals surface area contributed by atoms with Crippen LogP contribution in [0.3, 0.4) is 0 Å². The number of aliphatic hydroxyl groups is 1. The van der Waals surface area contributed by atoms with Crippen LogP contribution in [0.2, 0.25) is 18.1 Å². The predicted molar refractivity (Wildman–Crippen MR) is 124 cm³/mol. The van der Waals surface area contributed by atoms with E-state index >= 15 is 0 Å². The highest BCUT2D eigenvalue weighted by atomic mass is 32.2. The lowest BCUT2D eigenvalue weighted by atomic mass is 9.77. The van der Waals surface area contributed by atoms with Gasteiger partial charge in [-0.2, -0.15) is 0 Å². The molecule has 166 valence electrons. The molecule has 1 rings (SSSR count). The van der Waals surface area contributed by atoms with Gasteiger partial charge in [0.2, 0.25) is 12.1 Å². The average Bonchev–Trinajstić information content (AvgIpc) is 2.61. The van der Waals surface area contributed by atoms with Gasteiger partial charge in [-0.3, -0.25) is 4.79 Å². The van der Waals surface area contributed by atoms with Crippen LogP contribution in [0.25, 0.3) is 0 Å². The molecule has 1 saturated heterocycles. The summed E-state index contributed by atoms with van der Waals surface area (Å²) in [6, 6.07) is -0.437. The van der Waals surface area contributed by atoms with E-state index in [9.17, 15) is 14.7 Å². The number of hydrogen-bond donors (Lipinski definition) is 1. The predicted octanol–water partition coefficient (Wildman–Crippen LogP) is 3.60. The molecule has 1 heterocycles. The highest BCUT2D eigenvalue weighted by Gasteiger charge is 2.58. The van der Waals surface area contributed by atoms with Gasteiger partial charge in [-0.05, 0) is 31.3 Å². The summed E-state index contributed by atoms with van der Waals surface area (Å²) in [5.41, 5.74) is 0. The van der Waals surface area contributed by atoms with Crippen LogP contribution >= 0.6 is 24.0 Å². The van der Waals surface area contributed by atoms with E-state index in [0.29, 0.717) is 4.20 Å². The van der Waals surface area contributed by atoms with Crippen LogP contribution in [-0.4, -0.2) is 65.6 Å². The monoisotopic (exact) mass is 461 g/mol. The van der Waals surface area contributed by atoms with Crippen LogP contribution in [0.15, 0.2) is 12.7 Å². The second-order valence-electron chi connectivity index (χ2n) is 8.95. The highest BCUT2D eigenvalue weighted by Crippen LogP contribution is 2.43. The summed E-state index contributed by atoms with van der Waals surface area (Å²) in [5, 5.41) is 10.5. The normalized spacial score (nSPS) is 23.1. The number of likely N-dealkylation sites (tertiary alicyclic amines) is 1. The van der Waals surface area contributed by atoms with Crippen molar-refractivity contribution >= 4 is 48.4 Å². The van der Waals surface area contributed by atoms with Crippen molar-refractivity contribution in [1.82, 2.24) is 4.90 Å². The Hall–Kier alpha value is -0.743. The van der Waals surface area contributed by atoms with Crippen molar-refractivity contribution in [3.8, 4) is 0 Å². The Morgan fingerprint density at radius 2 is 1.97 bits per heavy atom. The minimum absolute atomic E-state index is 0.00255. The van der Waals surface area contributed by atoms with Gasteiger partial charge in [0.15, 0.2) is 8.32 Å². The van der Waals surface area contributed by atoms with Crippen molar-refractivity contribution in [3.63, 3.8) is 0 Å². The second-order valence-corrected chi connectivity index (χ2v) is 15.3. The van der Waals surface area contributed by atoms with E-state index in [1.165, 1.54) is 22.7 Å². The molecule has 0 saturated carbocycles. The SMILES string of the molecule is C=CCOC(=O)[C@@H](O)N1C(=O)[C@H]([C@@H](C)O[Si](C)(C)C(C)(C)C)[C@H]1[C@@H](C)C(=S)SC. The number of β-lactam (4-membered cyclic amide) rings is 1. The number of carbonyl (C=O) groups excluding carboxylic acids is 2. The molecular weight excluding hydrogens is 426 g/mol. The molecule has 5 atom stereocenters. The molecule has 1 aliphatic heterocycles. The quantitative estimate of drug-likeness (QED) is 0.185. The molecule has 0 unspecified atom stereocenters. The highest BCUT2D eigenvalue weighted by molar-refractivity contribution is 8.22. The lowest BCUT2D eigenvalue weighted by molar-refractivity contribution is -0.198. The molecule has 1 aliphatic rings. The van der Waals surface area contributed by atoms with Gasteiger partial charge in [0.05, 0.1) is 22.3 Å². The molecule has 0 spiro atoms. The number of amides is 1. The van der Waals surface area contributed by atoms with Gasteiger partial charge < -0.3 is 19.2 Å². The minimum atomic E-state index is -2.11. The summed E-state index contributed by atoms with van der Waals surface area (Å²) >= 11 is 6.89. The summed E-state index contributed by atoms with van der Waals surface area (Å²) in [4.78, 5) is 26.3. The molecule has 6 nitrogen and oxygen atoms in total. The number of nitrogens with zero attached hydrogens (tertiary/aromatic N) is 1. The zero-order chi connectivity index (χ0) is 22.7. The van der Waals surface area contributed by atoms with E-state index in [4.69, 9.17) is 21.4 Å². The second kappa shape index (κ2) is 10.0. The summed E-state index contributed by atoms with van der Waals surface area (Å²) < 4.78 is 12.1. The Bertz CT molecular complexity index is 649. The number of ether oxygens (including phenoxy) is 1. The van der Waals surface area contributed by atoms with Gasteiger partial charge in [0, 0.05) is 5.92 Å². The first-order valence-electron chi connectivity index (χ1n) is 9.74. The first-order chi connectivity index (χ1) is 13.2. The van der Waals surface area contributed by atoms with Crippen molar-refractivity contribution in [3.05, 3.63) is 12.7 Å². The fraction of sp³-hybridized carbons (Fsp3) is 0.750. The number of thioether (sulfide) groups is 1. The number of thiocarbonyl (C=S) groups is 1. The van der Waals surface area contributed by atoms with Crippen molar-refractivity contribution in [2.75, 3.05) is 12.9 Å². The fourth-order valence-corrected chi connectivity index (χ4v) is 5.32. The molecule has 0 aliphatic carbocycles. The number of aliphatic hydroxyl groups excluding tert-OH is 1. The van der Waals surface area contributed by atoms with Crippen LogP contribution < -0.4 is 0 Å².